The van der Waals surface area contributed by atoms with E-state index in [4.69, 9.17) is 23.8 Å². The molecule has 0 aliphatic rings. The number of aromatic amines is 1. The molecule has 2 aromatic carbocycles. The van der Waals surface area contributed by atoms with E-state index in [0.717, 1.165) is 22.4 Å². The summed E-state index contributed by atoms with van der Waals surface area (Å²) in [4.78, 5) is 7.64. The number of aromatic nitrogens is 3. The Morgan fingerprint density at radius 2 is 1.67 bits per heavy atom. The predicted octanol–water partition coefficient (Wildman–Crippen LogP) is 5.52. The number of halogens is 2. The molecule has 0 aliphatic carbocycles. The third-order valence-corrected chi connectivity index (χ3v) is 4.48. The Kier molecular flexibility index (Phi) is 3.67. The van der Waals surface area contributed by atoms with Crippen molar-refractivity contribution in [1.29, 1.82) is 0 Å². The van der Waals surface area contributed by atoms with Gasteiger partial charge in [0.05, 0.1) is 5.69 Å². The second-order valence-corrected chi connectivity index (χ2v) is 6.18. The fraction of sp³-hybridized carbons (Fsp3) is 0. The highest BCUT2D eigenvalue weighted by Gasteiger charge is 2.09. The predicted molar refractivity (Wildman–Crippen MR) is 96.2 cm³/mol. The van der Waals surface area contributed by atoms with Crippen LogP contribution in [0.3, 0.4) is 0 Å². The molecule has 0 amide bonds. The van der Waals surface area contributed by atoms with Crippen molar-refractivity contribution in [2.45, 2.75) is 0 Å². The van der Waals surface area contributed by atoms with Crippen molar-refractivity contribution in [3.63, 3.8) is 0 Å². The SMILES string of the molecule is Fc1ccc(-c2cn3c(=S)c(-c4ccc(Cl)cc4)cnc3[nH]2)cc1. The Balaban J connectivity index is 1.86. The molecule has 0 aliphatic heterocycles. The number of hydrogen-bond acceptors (Lipinski definition) is 2. The van der Waals surface area contributed by atoms with Gasteiger partial charge in [0.15, 0.2) is 0 Å². The first kappa shape index (κ1) is 15.1. The third kappa shape index (κ3) is 2.62. The molecule has 4 aromatic rings. The number of nitrogens with zero attached hydrogens (tertiary/aromatic N) is 2. The topological polar surface area (TPSA) is 33.1 Å². The number of benzene rings is 2. The van der Waals surface area contributed by atoms with Crippen molar-refractivity contribution in [2.24, 2.45) is 0 Å². The molecule has 0 unspecified atom stereocenters. The lowest BCUT2D eigenvalue weighted by molar-refractivity contribution is 0.628. The van der Waals surface area contributed by atoms with Gasteiger partial charge in [-0.3, -0.25) is 4.40 Å². The van der Waals surface area contributed by atoms with Crippen LogP contribution in [0.4, 0.5) is 4.39 Å². The van der Waals surface area contributed by atoms with Crippen LogP contribution >= 0.6 is 23.8 Å². The molecule has 2 heterocycles. The van der Waals surface area contributed by atoms with Gasteiger partial charge >= 0.3 is 0 Å². The molecule has 2 aromatic heterocycles. The van der Waals surface area contributed by atoms with Gasteiger partial charge in [0.25, 0.3) is 0 Å². The summed E-state index contributed by atoms with van der Waals surface area (Å²) in [5.41, 5.74) is 3.49. The molecule has 6 heteroatoms. The Morgan fingerprint density at radius 3 is 2.38 bits per heavy atom. The first-order chi connectivity index (χ1) is 11.6. The number of fused-ring (bicyclic) bond motifs is 1. The summed E-state index contributed by atoms with van der Waals surface area (Å²) in [6.07, 6.45) is 3.61. The summed E-state index contributed by atoms with van der Waals surface area (Å²) >= 11 is 11.5. The average Bonchev–Trinajstić information content (AvgIpc) is 3.02. The number of rotatable bonds is 2. The van der Waals surface area contributed by atoms with Crippen molar-refractivity contribution in [2.75, 3.05) is 0 Å². The van der Waals surface area contributed by atoms with Crippen LogP contribution in [0.25, 0.3) is 28.2 Å². The van der Waals surface area contributed by atoms with E-state index in [9.17, 15) is 4.39 Å². The van der Waals surface area contributed by atoms with E-state index in [1.54, 1.807) is 18.3 Å². The highest BCUT2D eigenvalue weighted by atomic mass is 35.5. The largest absolute Gasteiger partial charge is 0.323 e. The molecule has 24 heavy (non-hydrogen) atoms. The maximum atomic E-state index is 13.1. The van der Waals surface area contributed by atoms with Crippen LogP contribution in [-0.2, 0) is 0 Å². The highest BCUT2D eigenvalue weighted by molar-refractivity contribution is 7.71. The molecule has 0 fully saturated rings. The zero-order chi connectivity index (χ0) is 16.7. The second kappa shape index (κ2) is 5.85. The summed E-state index contributed by atoms with van der Waals surface area (Å²) in [5.74, 6) is 0.367. The normalized spacial score (nSPS) is 11.1. The first-order valence-corrected chi connectivity index (χ1v) is 8.03. The monoisotopic (exact) mass is 355 g/mol. The molecule has 0 saturated carbocycles. The summed E-state index contributed by atoms with van der Waals surface area (Å²) in [6.45, 7) is 0. The molecule has 118 valence electrons. The molecule has 0 bridgehead atoms. The first-order valence-electron chi connectivity index (χ1n) is 7.24. The van der Waals surface area contributed by atoms with Crippen LogP contribution < -0.4 is 0 Å². The van der Waals surface area contributed by atoms with E-state index in [1.165, 1.54) is 12.1 Å². The fourth-order valence-electron chi connectivity index (χ4n) is 2.57. The Bertz CT molecular complexity index is 1080. The zero-order valence-corrected chi connectivity index (χ0v) is 13.9. The quantitative estimate of drug-likeness (QED) is 0.480. The summed E-state index contributed by atoms with van der Waals surface area (Å²) < 4.78 is 15.5. The van der Waals surface area contributed by atoms with Gasteiger partial charge in [-0.1, -0.05) is 36.0 Å². The van der Waals surface area contributed by atoms with Crippen molar-refractivity contribution < 1.29 is 4.39 Å². The lowest BCUT2D eigenvalue weighted by Gasteiger charge is -2.03. The van der Waals surface area contributed by atoms with Crippen molar-refractivity contribution in [1.82, 2.24) is 14.4 Å². The smallest absolute Gasteiger partial charge is 0.212 e. The molecular weight excluding hydrogens is 345 g/mol. The van der Waals surface area contributed by atoms with E-state index in [0.29, 0.717) is 15.4 Å². The zero-order valence-electron chi connectivity index (χ0n) is 12.3. The maximum absolute atomic E-state index is 13.1. The van der Waals surface area contributed by atoms with Crippen molar-refractivity contribution >= 4 is 29.6 Å². The van der Waals surface area contributed by atoms with Gasteiger partial charge in [-0.15, -0.1) is 0 Å². The Hall–Kier alpha value is -2.50. The Morgan fingerprint density at radius 1 is 1.00 bits per heavy atom. The minimum atomic E-state index is -0.269. The van der Waals surface area contributed by atoms with Crippen LogP contribution in [0.2, 0.25) is 5.02 Å². The summed E-state index contributed by atoms with van der Waals surface area (Å²) in [5, 5.41) is 0.673. The molecule has 0 saturated heterocycles. The molecular formula is C18H11ClFN3S. The Labute approximate surface area is 147 Å². The van der Waals surface area contributed by atoms with E-state index in [-0.39, 0.29) is 5.82 Å². The standard InChI is InChI=1S/C18H11ClFN3S/c19-13-5-1-11(2-6-13)15-9-21-18-22-16(10-23(18)17(15)24)12-3-7-14(20)8-4-12/h1-10H,(H,21,22). The number of imidazole rings is 1. The lowest BCUT2D eigenvalue weighted by atomic mass is 10.1. The molecule has 3 nitrogen and oxygen atoms in total. The molecule has 4 rings (SSSR count). The lowest BCUT2D eigenvalue weighted by Crippen LogP contribution is -1.92. The van der Waals surface area contributed by atoms with Gasteiger partial charge in [0.1, 0.15) is 10.5 Å². The summed E-state index contributed by atoms with van der Waals surface area (Å²) in [7, 11) is 0. The van der Waals surface area contributed by atoms with Crippen molar-refractivity contribution in [3.05, 3.63) is 76.4 Å². The van der Waals surface area contributed by atoms with Gasteiger partial charge in [-0.2, -0.15) is 0 Å². The molecule has 0 spiro atoms. The van der Waals surface area contributed by atoms with Crippen LogP contribution in [0.15, 0.2) is 60.9 Å². The number of H-pyrrole nitrogens is 1. The van der Waals surface area contributed by atoms with Crippen LogP contribution in [-0.4, -0.2) is 14.4 Å². The van der Waals surface area contributed by atoms with Crippen LogP contribution in [0.1, 0.15) is 0 Å². The fourth-order valence-corrected chi connectivity index (χ4v) is 3.00. The second-order valence-electron chi connectivity index (χ2n) is 5.35. The number of nitrogens with one attached hydrogen (secondary N) is 1. The van der Waals surface area contributed by atoms with E-state index < -0.39 is 0 Å². The van der Waals surface area contributed by atoms with Gasteiger partial charge in [0, 0.05) is 23.0 Å². The molecule has 0 radical (unpaired) electrons. The third-order valence-electron chi connectivity index (χ3n) is 3.81. The van der Waals surface area contributed by atoms with Gasteiger partial charge in [0.2, 0.25) is 5.78 Å². The van der Waals surface area contributed by atoms with Gasteiger partial charge in [-0.05, 0) is 47.5 Å². The minimum Gasteiger partial charge on any atom is -0.323 e. The van der Waals surface area contributed by atoms with E-state index in [2.05, 4.69) is 9.97 Å². The molecule has 1 N–H and O–H groups in total. The molecule has 0 atom stereocenters. The minimum absolute atomic E-state index is 0.269. The van der Waals surface area contributed by atoms with Gasteiger partial charge < -0.3 is 4.98 Å². The number of hydrogen-bond donors (Lipinski definition) is 1. The summed E-state index contributed by atoms with van der Waals surface area (Å²) in [6, 6.07) is 13.7. The van der Waals surface area contributed by atoms with E-state index in [1.807, 2.05) is 34.9 Å². The average molecular weight is 356 g/mol. The van der Waals surface area contributed by atoms with Crippen LogP contribution in [0, 0.1) is 10.5 Å². The highest BCUT2D eigenvalue weighted by Crippen LogP contribution is 2.25. The van der Waals surface area contributed by atoms with Crippen molar-refractivity contribution in [3.8, 4) is 22.4 Å². The van der Waals surface area contributed by atoms with E-state index >= 15 is 0 Å². The maximum Gasteiger partial charge on any atom is 0.212 e. The van der Waals surface area contributed by atoms with Gasteiger partial charge in [-0.25, -0.2) is 9.37 Å². The van der Waals surface area contributed by atoms with Crippen LogP contribution in [0.5, 0.6) is 0 Å².